The van der Waals surface area contributed by atoms with Gasteiger partial charge in [0, 0.05) is 79.1 Å². The summed E-state index contributed by atoms with van der Waals surface area (Å²) in [6.07, 6.45) is 12.9. The fourth-order valence-electron chi connectivity index (χ4n) is 9.81. The Labute approximate surface area is 463 Å². The van der Waals surface area contributed by atoms with E-state index in [4.69, 9.17) is 28.5 Å². The standard InChI is InChI=1S/C58H73N3O16S2/c1-42(44-15-9-7-10-16-44)37-45(48-39-47-43(2)41-57(3,4)60(51(47)40-52(48)62)26-27-73-30-31-75-34-35-76-33-32-74-29-28-72-6)17-11-8-12-18-53-58(5,24-13-19-56(65)77-61-54(63)22-23-55(61)64)49-38-46(79(69,70)71)20-21-50(49)59(53)25-14-36-78(66,67)68/h7-12,15-18,20-21,37-41,62H,1,13-14,19,22-36H2,2-6H3,(H,66,67,68)(H,69,70,71)/b12-8+,17-11+,45-37-,53-18+. The molecule has 19 nitrogen and oxygen atoms in total. The van der Waals surface area contributed by atoms with Crippen LogP contribution in [-0.2, 0) is 68.6 Å². The minimum Gasteiger partial charge on any atom is -0.507 e. The third kappa shape index (κ3) is 17.1. The molecule has 3 heterocycles. The van der Waals surface area contributed by atoms with Gasteiger partial charge in [0.1, 0.15) is 5.75 Å². The number of hydroxylamine groups is 2. The summed E-state index contributed by atoms with van der Waals surface area (Å²) in [5.74, 6) is -2.62. The van der Waals surface area contributed by atoms with Crippen molar-refractivity contribution in [3.63, 3.8) is 0 Å². The van der Waals surface area contributed by atoms with E-state index in [0.29, 0.717) is 105 Å². The van der Waals surface area contributed by atoms with Gasteiger partial charge >= 0.3 is 5.97 Å². The first-order valence-corrected chi connectivity index (χ1v) is 29.2. The summed E-state index contributed by atoms with van der Waals surface area (Å²) in [6, 6.07) is 17.4. The van der Waals surface area contributed by atoms with Gasteiger partial charge in [0.05, 0.1) is 75.6 Å². The second-order valence-corrected chi connectivity index (χ2v) is 22.9. The van der Waals surface area contributed by atoms with Crippen LogP contribution >= 0.6 is 0 Å². The monoisotopic (exact) mass is 1130 g/mol. The van der Waals surface area contributed by atoms with Crippen LogP contribution in [0.5, 0.6) is 5.75 Å². The van der Waals surface area contributed by atoms with Crippen LogP contribution in [0.4, 0.5) is 11.4 Å². The number of hydrogen-bond acceptors (Lipinski definition) is 16. The van der Waals surface area contributed by atoms with E-state index in [2.05, 4.69) is 31.4 Å². The molecule has 1 unspecified atom stereocenters. The van der Waals surface area contributed by atoms with Crippen LogP contribution in [0, 0.1) is 0 Å². The molecule has 1 saturated heterocycles. The molecule has 3 aromatic rings. The summed E-state index contributed by atoms with van der Waals surface area (Å²) in [5.41, 5.74) is 5.52. The zero-order chi connectivity index (χ0) is 57.4. The molecule has 3 aliphatic heterocycles. The van der Waals surface area contributed by atoms with Gasteiger partial charge in [-0.2, -0.15) is 16.8 Å². The second-order valence-electron chi connectivity index (χ2n) is 19.9. The maximum Gasteiger partial charge on any atom is 0.333 e. The molecule has 428 valence electrons. The third-order valence-electron chi connectivity index (χ3n) is 13.7. The minimum absolute atomic E-state index is 0.0264. The average molecular weight is 1130 g/mol. The summed E-state index contributed by atoms with van der Waals surface area (Å²) in [4.78, 5) is 46.0. The van der Waals surface area contributed by atoms with Gasteiger partial charge in [-0.25, -0.2) is 4.79 Å². The number of imide groups is 1. The highest BCUT2D eigenvalue weighted by atomic mass is 32.2. The van der Waals surface area contributed by atoms with Crippen LogP contribution in [-0.4, -0.2) is 145 Å². The number of phenols is 1. The molecule has 3 N–H and O–H groups in total. The first kappa shape index (κ1) is 61.9. The van der Waals surface area contributed by atoms with E-state index in [1.54, 1.807) is 42.4 Å². The van der Waals surface area contributed by atoms with Crippen molar-refractivity contribution >= 4 is 66.1 Å². The molecular formula is C58H73N3O16S2. The van der Waals surface area contributed by atoms with Crippen molar-refractivity contribution in [2.75, 3.05) is 95.2 Å². The highest BCUT2D eigenvalue weighted by Gasteiger charge is 2.44. The van der Waals surface area contributed by atoms with Crippen molar-refractivity contribution < 1.29 is 74.0 Å². The van der Waals surface area contributed by atoms with E-state index >= 15 is 0 Å². The Morgan fingerprint density at radius 3 is 2.03 bits per heavy atom. The molecule has 0 aromatic heterocycles. The van der Waals surface area contributed by atoms with Crippen LogP contribution in [0.2, 0.25) is 0 Å². The number of aromatic hydroxyl groups is 1. The maximum atomic E-state index is 13.0. The van der Waals surface area contributed by atoms with Gasteiger partial charge in [-0.15, -0.1) is 5.06 Å². The molecule has 0 spiro atoms. The molecular weight excluding hydrogens is 1060 g/mol. The lowest BCUT2D eigenvalue weighted by molar-refractivity contribution is -0.197. The number of allylic oxidation sites excluding steroid dienone is 10. The lowest BCUT2D eigenvalue weighted by atomic mass is 9.77. The number of ether oxygens (including phenoxy) is 5. The summed E-state index contributed by atoms with van der Waals surface area (Å²) >= 11 is 0. The van der Waals surface area contributed by atoms with Gasteiger partial charge in [0.2, 0.25) is 0 Å². The van der Waals surface area contributed by atoms with Crippen molar-refractivity contribution in [3.05, 3.63) is 138 Å². The number of amides is 2. The number of carbonyl (C=O) groups is 3. The van der Waals surface area contributed by atoms with Gasteiger partial charge in [-0.05, 0) is 111 Å². The Balaban J connectivity index is 1.26. The van der Waals surface area contributed by atoms with E-state index in [-0.39, 0.29) is 55.7 Å². The Hall–Kier alpha value is -6.27. The van der Waals surface area contributed by atoms with Crippen LogP contribution in [0.1, 0.15) is 88.5 Å². The lowest BCUT2D eigenvalue weighted by Crippen LogP contribution is -2.46. The van der Waals surface area contributed by atoms with Crippen LogP contribution in [0.25, 0.3) is 16.7 Å². The van der Waals surface area contributed by atoms with Crippen molar-refractivity contribution in [1.29, 1.82) is 0 Å². The number of carbonyl (C=O) groups excluding carboxylic acids is 3. The van der Waals surface area contributed by atoms with Gasteiger partial charge < -0.3 is 43.4 Å². The molecule has 2 amide bonds. The van der Waals surface area contributed by atoms with Crippen LogP contribution in [0.15, 0.2) is 120 Å². The van der Waals surface area contributed by atoms with Crippen LogP contribution in [0.3, 0.4) is 0 Å². The van der Waals surface area contributed by atoms with Gasteiger partial charge in [-0.3, -0.25) is 18.7 Å². The summed E-state index contributed by atoms with van der Waals surface area (Å²) < 4.78 is 96.0. The first-order chi connectivity index (χ1) is 37.5. The van der Waals surface area contributed by atoms with E-state index in [1.807, 2.05) is 62.4 Å². The topological polar surface area (TPSA) is 245 Å². The normalized spacial score (nSPS) is 18.1. The number of anilines is 2. The summed E-state index contributed by atoms with van der Waals surface area (Å²) in [5, 5.41) is 12.4. The Kier molecular flexibility index (Phi) is 22.1. The smallest absolute Gasteiger partial charge is 0.333 e. The fraction of sp³-hybridized carbons (Fsp3) is 0.431. The molecule has 3 aliphatic rings. The highest BCUT2D eigenvalue weighted by molar-refractivity contribution is 7.86. The predicted octanol–water partition coefficient (Wildman–Crippen LogP) is 8.28. The lowest BCUT2D eigenvalue weighted by Gasteiger charge is -2.43. The quantitative estimate of drug-likeness (QED) is 0.0237. The number of fused-ring (bicyclic) bond motifs is 2. The number of hydrogen-bond donors (Lipinski definition) is 3. The van der Waals surface area contributed by atoms with Crippen molar-refractivity contribution in [3.8, 4) is 5.75 Å². The summed E-state index contributed by atoms with van der Waals surface area (Å²) in [6.45, 7) is 17.1. The van der Waals surface area contributed by atoms with E-state index < -0.39 is 54.7 Å². The largest absolute Gasteiger partial charge is 0.507 e. The Morgan fingerprint density at radius 2 is 1.41 bits per heavy atom. The zero-order valence-electron chi connectivity index (χ0n) is 45.6. The molecule has 0 saturated carbocycles. The fourth-order valence-corrected chi connectivity index (χ4v) is 10.8. The van der Waals surface area contributed by atoms with Gasteiger partial charge in [0.25, 0.3) is 32.1 Å². The highest BCUT2D eigenvalue weighted by Crippen LogP contribution is 2.52. The molecule has 21 heteroatoms. The number of benzene rings is 3. The van der Waals surface area contributed by atoms with E-state index in [0.717, 1.165) is 22.4 Å². The maximum absolute atomic E-state index is 13.0. The third-order valence-corrected chi connectivity index (χ3v) is 15.3. The molecule has 0 bridgehead atoms. The van der Waals surface area contributed by atoms with E-state index in [9.17, 15) is 45.4 Å². The van der Waals surface area contributed by atoms with E-state index in [1.165, 1.54) is 18.2 Å². The molecule has 0 aliphatic carbocycles. The Bertz CT molecular complexity index is 3040. The van der Waals surface area contributed by atoms with Crippen molar-refractivity contribution in [1.82, 2.24) is 5.06 Å². The van der Waals surface area contributed by atoms with Crippen molar-refractivity contribution in [2.45, 2.75) is 82.1 Å². The average Bonchev–Trinajstić information content (AvgIpc) is 4.08. The molecule has 6 rings (SSSR count). The predicted molar refractivity (Wildman–Crippen MR) is 301 cm³/mol. The first-order valence-electron chi connectivity index (χ1n) is 26.1. The molecule has 1 atom stereocenters. The molecule has 3 aromatic carbocycles. The van der Waals surface area contributed by atoms with Crippen LogP contribution < -0.4 is 9.80 Å². The number of rotatable bonds is 31. The number of nitrogens with zero attached hydrogens (tertiary/aromatic N) is 3. The Morgan fingerprint density at radius 1 is 0.772 bits per heavy atom. The van der Waals surface area contributed by atoms with Gasteiger partial charge in [0.15, 0.2) is 0 Å². The van der Waals surface area contributed by atoms with Crippen molar-refractivity contribution in [2.24, 2.45) is 0 Å². The zero-order valence-corrected chi connectivity index (χ0v) is 47.2. The number of methoxy groups -OCH3 is 1. The molecule has 0 radical (unpaired) electrons. The second kappa shape index (κ2) is 28.2. The molecule has 1 fully saturated rings. The molecule has 79 heavy (non-hydrogen) atoms. The summed E-state index contributed by atoms with van der Waals surface area (Å²) in [7, 11) is -7.42. The minimum atomic E-state index is -4.69. The number of phenolic OH excluding ortho intramolecular Hbond substituents is 1. The SMILES string of the molecule is C=C(/C=C(/C=C/C=C/C=C1/N(CCCS(=O)(=O)O)c2ccc(S(=O)(=O)O)cc2C1(C)CCCC(=O)ON1C(=O)CCC1=O)c1cc2c(cc1O)N(CCOCCOCCOCCOCCOC)C(C)(C)C=C2C)c1ccccc1. The van der Waals surface area contributed by atoms with Gasteiger partial charge in [-0.1, -0.05) is 67.3 Å².